The van der Waals surface area contributed by atoms with E-state index in [1.165, 1.54) is 144 Å². The van der Waals surface area contributed by atoms with E-state index in [0.29, 0.717) is 0 Å². The number of anilines is 12. The molecule has 0 fully saturated rings. The van der Waals surface area contributed by atoms with Crippen molar-refractivity contribution in [2.45, 2.75) is 188 Å². The molecule has 0 saturated carbocycles. The van der Waals surface area contributed by atoms with Crippen molar-refractivity contribution in [2.24, 2.45) is 0 Å². The van der Waals surface area contributed by atoms with E-state index in [2.05, 4.69) is 368 Å². The van der Waals surface area contributed by atoms with Crippen LogP contribution in [0.15, 0.2) is 182 Å². The first-order valence-corrected chi connectivity index (χ1v) is 34.8. The smallest absolute Gasteiger partial charge is 0.0561 e. The summed E-state index contributed by atoms with van der Waals surface area (Å²) < 4.78 is 0. The van der Waals surface area contributed by atoms with Gasteiger partial charge in [-0.25, -0.2) is 0 Å². The Hall–Kier alpha value is -9.12. The van der Waals surface area contributed by atoms with Crippen LogP contribution in [0.5, 0.6) is 0 Å². The minimum atomic E-state index is -0.0541. The lowest BCUT2D eigenvalue weighted by atomic mass is 9.84. The average Bonchev–Trinajstić information content (AvgIpc) is 0.697. The van der Waals surface area contributed by atoms with Crippen LogP contribution in [0.2, 0.25) is 0 Å². The van der Waals surface area contributed by atoms with E-state index in [0.717, 1.165) is 45.5 Å². The number of benzene rings is 12. The van der Waals surface area contributed by atoms with Crippen molar-refractivity contribution < 1.29 is 0 Å². The third-order valence-electron chi connectivity index (χ3n) is 20.3. The van der Waals surface area contributed by atoms with Crippen LogP contribution in [0.3, 0.4) is 0 Å². The lowest BCUT2D eigenvalue weighted by molar-refractivity contribution is 0.589. The molecule has 0 heterocycles. The van der Waals surface area contributed by atoms with E-state index in [9.17, 15) is 0 Å². The molecule has 0 amide bonds. The molecule has 0 N–H and O–H groups in total. The van der Waals surface area contributed by atoms with Gasteiger partial charge in [0.15, 0.2) is 0 Å². The van der Waals surface area contributed by atoms with E-state index in [4.69, 9.17) is 0 Å². The monoisotopic (exact) mass is 1260 g/mol. The quantitative estimate of drug-likeness (QED) is 0.113. The molecule has 0 aliphatic heterocycles. The lowest BCUT2D eigenvalue weighted by Crippen LogP contribution is -2.20. The summed E-state index contributed by atoms with van der Waals surface area (Å²) in [7, 11) is 0. The van der Waals surface area contributed by atoms with Gasteiger partial charge in [-0.15, -0.1) is 0 Å². The summed E-state index contributed by atoms with van der Waals surface area (Å²) in [6, 6.07) is 71.4. The number of nitrogens with zero attached hydrogens (tertiary/aromatic N) is 4. The zero-order valence-corrected chi connectivity index (χ0v) is 62.1. The van der Waals surface area contributed by atoms with Gasteiger partial charge in [0.25, 0.3) is 0 Å². The van der Waals surface area contributed by atoms with E-state index < -0.39 is 0 Å². The molecule has 0 aliphatic carbocycles. The molecule has 12 rings (SSSR count). The molecule has 0 atom stereocenters. The van der Waals surface area contributed by atoms with Gasteiger partial charge in [-0.1, -0.05) is 227 Å². The third kappa shape index (κ3) is 12.2. The molecule has 0 bridgehead atoms. The molecule has 0 spiro atoms. The Balaban J connectivity index is 1.35. The summed E-state index contributed by atoms with van der Waals surface area (Å²) in [5.41, 5.74) is 33.3. The highest BCUT2D eigenvalue weighted by Gasteiger charge is 2.34. The van der Waals surface area contributed by atoms with Crippen LogP contribution in [0.25, 0.3) is 32.3 Å². The Morgan fingerprint density at radius 1 is 0.198 bits per heavy atom. The van der Waals surface area contributed by atoms with Gasteiger partial charge < -0.3 is 19.6 Å². The Kier molecular flexibility index (Phi) is 17.1. The fraction of sp³-hybridized carbons (Fsp3) is 0.304. The predicted octanol–water partition coefficient (Wildman–Crippen LogP) is 27.4. The van der Waals surface area contributed by atoms with Crippen molar-refractivity contribution in [3.05, 3.63) is 271 Å². The first-order valence-electron chi connectivity index (χ1n) is 34.8. The van der Waals surface area contributed by atoms with Gasteiger partial charge in [0, 0.05) is 55.1 Å². The van der Waals surface area contributed by atoms with E-state index in [-0.39, 0.29) is 21.7 Å². The number of hydrogen-bond acceptors (Lipinski definition) is 4. The summed E-state index contributed by atoms with van der Waals surface area (Å²) in [5.74, 6) is 0. The maximum absolute atomic E-state index is 2.60. The van der Waals surface area contributed by atoms with Crippen LogP contribution in [0, 0.1) is 83.1 Å². The van der Waals surface area contributed by atoms with Crippen molar-refractivity contribution in [3.8, 4) is 0 Å². The summed E-state index contributed by atoms with van der Waals surface area (Å²) >= 11 is 0. The highest BCUT2D eigenvalue weighted by Crippen LogP contribution is 2.57. The lowest BCUT2D eigenvalue weighted by Gasteiger charge is -2.37. The predicted molar refractivity (Wildman–Crippen MR) is 421 cm³/mol. The zero-order valence-electron chi connectivity index (χ0n) is 62.1. The Morgan fingerprint density at radius 2 is 0.354 bits per heavy atom. The molecule has 0 saturated heterocycles. The first kappa shape index (κ1) is 66.9. The molecule has 4 heteroatoms. The Labute approximate surface area is 575 Å². The van der Waals surface area contributed by atoms with Gasteiger partial charge in [0.05, 0.1) is 45.5 Å². The van der Waals surface area contributed by atoms with Crippen molar-refractivity contribution >= 4 is 101 Å². The number of hydrogen-bond donors (Lipinski definition) is 0. The molecule has 12 aromatic carbocycles. The van der Waals surface area contributed by atoms with E-state index in [1.54, 1.807) is 0 Å². The topological polar surface area (TPSA) is 13.0 Å². The van der Waals surface area contributed by atoms with Gasteiger partial charge >= 0.3 is 0 Å². The maximum Gasteiger partial charge on any atom is 0.0561 e. The minimum absolute atomic E-state index is 0.0541. The second-order valence-electron chi connectivity index (χ2n) is 32.4. The summed E-state index contributed by atoms with van der Waals surface area (Å²) in [6.45, 7) is 55.4. The fourth-order valence-electron chi connectivity index (χ4n) is 15.0. The Morgan fingerprint density at radius 3 is 0.500 bits per heavy atom. The second-order valence-corrected chi connectivity index (χ2v) is 32.4. The highest BCUT2D eigenvalue weighted by atomic mass is 15.2. The van der Waals surface area contributed by atoms with Crippen molar-refractivity contribution in [1.29, 1.82) is 0 Å². The van der Waals surface area contributed by atoms with Gasteiger partial charge in [-0.3, -0.25) is 0 Å². The molecule has 12 aromatic rings. The third-order valence-corrected chi connectivity index (χ3v) is 20.3. The standard InChI is InChI=1S/C92H102N4/c1-55-25-33-71(34-26-55)93(85-59(5)45-67(46-60(85)6)89(13,14)15)79-53-80(94(72-35-27-56(2)28-36-72)86-61(7)47-68(48-62(86)8)90(16,17)18)76-43-44-78-82(96(74-39-31-58(4)32-40-74)88-65(11)51-70(52-66(88)12)92(22,23)24)54-81(77-42-41-75(79)83(76)84(77)78)95(73-37-29-57(3)30-38-73)87-63(9)49-69(50-64(87)10)91(19,20)21/h25-54H,1-24H3. The number of aryl methyl sites for hydroxylation is 12. The number of rotatable bonds is 12. The molecule has 490 valence electrons. The fourth-order valence-corrected chi connectivity index (χ4v) is 15.0. The van der Waals surface area contributed by atoms with Crippen LogP contribution in [0.4, 0.5) is 68.2 Å². The minimum Gasteiger partial charge on any atom is -0.309 e. The molecule has 0 unspecified atom stereocenters. The molecular formula is C92H102N4. The van der Waals surface area contributed by atoms with Crippen LogP contribution in [0.1, 0.15) is 172 Å². The highest BCUT2D eigenvalue weighted by molar-refractivity contribution is 6.33. The van der Waals surface area contributed by atoms with Crippen LogP contribution >= 0.6 is 0 Å². The van der Waals surface area contributed by atoms with Crippen LogP contribution < -0.4 is 19.6 Å². The van der Waals surface area contributed by atoms with Crippen LogP contribution in [-0.4, -0.2) is 0 Å². The molecule has 0 aromatic heterocycles. The van der Waals surface area contributed by atoms with Gasteiger partial charge in [-0.2, -0.15) is 0 Å². The largest absolute Gasteiger partial charge is 0.309 e. The summed E-state index contributed by atoms with van der Waals surface area (Å²) in [4.78, 5) is 10.4. The molecular weight excluding hydrogens is 1160 g/mol. The van der Waals surface area contributed by atoms with Gasteiger partial charge in [0.1, 0.15) is 0 Å². The van der Waals surface area contributed by atoms with Crippen molar-refractivity contribution in [3.63, 3.8) is 0 Å². The van der Waals surface area contributed by atoms with E-state index >= 15 is 0 Å². The van der Waals surface area contributed by atoms with Crippen molar-refractivity contribution in [1.82, 2.24) is 0 Å². The SMILES string of the molecule is Cc1ccc(N(c2c(C)cc(C(C)(C)C)cc2C)c2cc(N(c3ccc(C)cc3)c3c(C)cc(C(C)(C)C)cc3C)c3ccc4c(N(c5ccc(C)cc5)c5c(C)cc(C(C)(C)C)cc5C)cc(N(c5ccc(C)cc5)c5c(C)cc(C(C)(C)C)cc5C)c5ccc2c3c54)cc1. The maximum atomic E-state index is 2.60. The van der Waals surface area contributed by atoms with Gasteiger partial charge in [-0.05, 0) is 232 Å². The molecule has 96 heavy (non-hydrogen) atoms. The van der Waals surface area contributed by atoms with Gasteiger partial charge in [0.2, 0.25) is 0 Å². The van der Waals surface area contributed by atoms with E-state index in [1.807, 2.05) is 0 Å². The zero-order chi connectivity index (χ0) is 69.2. The molecule has 4 nitrogen and oxygen atoms in total. The summed E-state index contributed by atoms with van der Waals surface area (Å²) in [5, 5.41) is 7.09. The Bertz CT molecular complexity index is 4240. The first-order chi connectivity index (χ1) is 45.1. The molecule has 0 aliphatic rings. The average molecular weight is 1260 g/mol. The normalized spacial score (nSPS) is 12.4. The summed E-state index contributed by atoms with van der Waals surface area (Å²) in [6.07, 6.45) is 0. The molecule has 0 radical (unpaired) electrons. The van der Waals surface area contributed by atoms with Crippen molar-refractivity contribution in [2.75, 3.05) is 19.6 Å². The second kappa shape index (κ2) is 24.5. The van der Waals surface area contributed by atoms with Crippen LogP contribution in [-0.2, 0) is 21.7 Å².